The smallest absolute Gasteiger partial charge is 0.113 e. The molecule has 4 heterocycles. The Kier molecular flexibility index (Phi) is 0.746. The number of rotatable bonds is 0. The maximum absolute atomic E-state index is 5.80. The maximum Gasteiger partial charge on any atom is 0.113 e. The van der Waals surface area contributed by atoms with E-state index >= 15 is 0 Å². The van der Waals surface area contributed by atoms with Crippen LogP contribution in [0.15, 0.2) is 0 Å². The van der Waals surface area contributed by atoms with E-state index in [2.05, 4.69) is 0 Å². The van der Waals surface area contributed by atoms with Gasteiger partial charge in [0.2, 0.25) is 0 Å². The molecule has 2 bridgehead atoms. The summed E-state index contributed by atoms with van der Waals surface area (Å²) in [6.07, 6.45) is 1.67. The molecular weight excluding hydrogens is 144 g/mol. The second kappa shape index (κ2) is 1.49. The molecule has 0 unspecified atom stereocenters. The van der Waals surface area contributed by atoms with Crippen LogP contribution in [0.1, 0.15) is 0 Å². The molecule has 0 spiro atoms. The van der Waals surface area contributed by atoms with Crippen LogP contribution in [0.4, 0.5) is 0 Å². The van der Waals surface area contributed by atoms with Crippen molar-refractivity contribution < 1.29 is 14.2 Å². The summed E-state index contributed by atoms with van der Waals surface area (Å²) in [7, 11) is 0. The molecule has 6 atom stereocenters. The van der Waals surface area contributed by atoms with Gasteiger partial charge in [0.25, 0.3) is 0 Å². The Morgan fingerprint density at radius 3 is 1.91 bits per heavy atom. The van der Waals surface area contributed by atoms with E-state index in [1.165, 1.54) is 0 Å². The molecule has 11 heavy (non-hydrogen) atoms. The predicted molar refractivity (Wildman–Crippen MR) is 35.1 cm³/mol. The monoisotopic (exact) mass is 154 g/mol. The summed E-state index contributed by atoms with van der Waals surface area (Å²) in [6, 6.07) is 0. The molecule has 0 saturated carbocycles. The minimum absolute atomic E-state index is 0.387. The molecular formula is C8H10O3. The van der Waals surface area contributed by atoms with E-state index in [9.17, 15) is 0 Å². The van der Waals surface area contributed by atoms with E-state index in [-0.39, 0.29) is 0 Å². The molecule has 4 fully saturated rings. The van der Waals surface area contributed by atoms with Crippen molar-refractivity contribution in [2.75, 3.05) is 13.2 Å². The summed E-state index contributed by atoms with van der Waals surface area (Å²) in [6.45, 7) is 1.80. The number of fused-ring (bicyclic) bond motifs is 8. The molecule has 0 aromatic heterocycles. The second-order valence-corrected chi connectivity index (χ2v) is 4.00. The van der Waals surface area contributed by atoms with Crippen LogP contribution in [0.3, 0.4) is 0 Å². The molecule has 4 aliphatic heterocycles. The summed E-state index contributed by atoms with van der Waals surface area (Å²) < 4.78 is 16.7. The van der Waals surface area contributed by atoms with Crippen LogP contribution < -0.4 is 0 Å². The van der Waals surface area contributed by atoms with Crippen LogP contribution >= 0.6 is 0 Å². The highest BCUT2D eigenvalue weighted by Gasteiger charge is 2.70. The summed E-state index contributed by atoms with van der Waals surface area (Å²) in [4.78, 5) is 0. The summed E-state index contributed by atoms with van der Waals surface area (Å²) >= 11 is 0. The minimum atomic E-state index is 0.387. The lowest BCUT2D eigenvalue weighted by atomic mass is 9.82. The van der Waals surface area contributed by atoms with Gasteiger partial charge in [-0.1, -0.05) is 0 Å². The first-order valence-corrected chi connectivity index (χ1v) is 4.34. The van der Waals surface area contributed by atoms with E-state index in [1.54, 1.807) is 0 Å². The Morgan fingerprint density at radius 2 is 1.27 bits per heavy atom. The largest absolute Gasteiger partial charge is 0.381 e. The predicted octanol–water partition coefficient (Wildman–Crippen LogP) is -0.203. The Balaban J connectivity index is 1.79. The molecule has 0 aromatic carbocycles. The topological polar surface area (TPSA) is 31.0 Å². The van der Waals surface area contributed by atoms with Crippen LogP contribution in [-0.2, 0) is 14.2 Å². The van der Waals surface area contributed by atoms with Crippen molar-refractivity contribution >= 4 is 0 Å². The second-order valence-electron chi connectivity index (χ2n) is 4.00. The average molecular weight is 154 g/mol. The Bertz CT molecular complexity index is 193. The number of ether oxygens (including phenoxy) is 3. The third-order valence-corrected chi connectivity index (χ3v) is 3.54. The third kappa shape index (κ3) is 0.477. The highest BCUT2D eigenvalue weighted by atomic mass is 16.7. The third-order valence-electron chi connectivity index (χ3n) is 3.54. The fourth-order valence-electron chi connectivity index (χ4n) is 2.95. The van der Waals surface area contributed by atoms with Crippen molar-refractivity contribution in [3.63, 3.8) is 0 Å². The summed E-state index contributed by atoms with van der Waals surface area (Å²) in [5.74, 6) is 1.31. The van der Waals surface area contributed by atoms with Gasteiger partial charge in [-0.05, 0) is 0 Å². The van der Waals surface area contributed by atoms with Crippen LogP contribution in [0, 0.1) is 11.8 Å². The van der Waals surface area contributed by atoms with E-state index in [0.29, 0.717) is 36.3 Å². The van der Waals surface area contributed by atoms with Crippen molar-refractivity contribution in [2.45, 2.75) is 24.4 Å². The van der Waals surface area contributed by atoms with E-state index in [4.69, 9.17) is 14.2 Å². The molecule has 4 aliphatic rings. The maximum atomic E-state index is 5.80. The van der Waals surface area contributed by atoms with Gasteiger partial charge < -0.3 is 14.2 Å². The first-order chi connectivity index (χ1) is 5.45. The Morgan fingerprint density at radius 1 is 0.727 bits per heavy atom. The van der Waals surface area contributed by atoms with Gasteiger partial charge in [0.1, 0.15) is 12.2 Å². The molecule has 3 nitrogen and oxygen atoms in total. The zero-order chi connectivity index (χ0) is 7.00. The quantitative estimate of drug-likeness (QED) is 0.453. The van der Waals surface area contributed by atoms with Crippen molar-refractivity contribution in [2.24, 2.45) is 11.8 Å². The Labute approximate surface area is 64.6 Å². The standard InChI is InChI=1S/C8H10O3/c1-3-4(2-9-1)6-8-7(11-8)5(3)10-6/h3-8H,1-2H2/t3-,4-,5-,6-,7-,8-/m1/s1. The van der Waals surface area contributed by atoms with Gasteiger partial charge in [0.05, 0.1) is 25.4 Å². The highest BCUT2D eigenvalue weighted by molar-refractivity contribution is 5.15. The van der Waals surface area contributed by atoms with Crippen LogP contribution in [0.2, 0.25) is 0 Å². The van der Waals surface area contributed by atoms with Crippen LogP contribution in [0.25, 0.3) is 0 Å². The molecule has 4 saturated heterocycles. The summed E-state index contributed by atoms with van der Waals surface area (Å²) in [5, 5.41) is 0. The molecule has 60 valence electrons. The van der Waals surface area contributed by atoms with Gasteiger partial charge in [0.15, 0.2) is 0 Å². The van der Waals surface area contributed by atoms with Crippen molar-refractivity contribution in [1.82, 2.24) is 0 Å². The molecule has 0 aromatic rings. The number of hydrogen-bond donors (Lipinski definition) is 0. The fourth-order valence-corrected chi connectivity index (χ4v) is 2.95. The van der Waals surface area contributed by atoms with E-state index in [0.717, 1.165) is 13.2 Å². The van der Waals surface area contributed by atoms with Gasteiger partial charge in [0, 0.05) is 11.8 Å². The molecule has 4 rings (SSSR count). The van der Waals surface area contributed by atoms with Gasteiger partial charge in [-0.15, -0.1) is 0 Å². The molecule has 0 radical (unpaired) electrons. The molecule has 0 amide bonds. The first-order valence-electron chi connectivity index (χ1n) is 4.34. The first kappa shape index (κ1) is 5.51. The van der Waals surface area contributed by atoms with Gasteiger partial charge in [-0.3, -0.25) is 0 Å². The van der Waals surface area contributed by atoms with Crippen LogP contribution in [0.5, 0.6) is 0 Å². The lowest BCUT2D eigenvalue weighted by Gasteiger charge is -2.14. The zero-order valence-electron chi connectivity index (χ0n) is 6.10. The molecule has 0 aliphatic carbocycles. The van der Waals surface area contributed by atoms with Gasteiger partial charge >= 0.3 is 0 Å². The lowest BCUT2D eigenvalue weighted by molar-refractivity contribution is -0.0163. The van der Waals surface area contributed by atoms with Crippen molar-refractivity contribution in [3.05, 3.63) is 0 Å². The van der Waals surface area contributed by atoms with E-state index in [1.807, 2.05) is 0 Å². The molecule has 3 heteroatoms. The fraction of sp³-hybridized carbons (Fsp3) is 1.00. The normalized spacial score (nSPS) is 69.8. The lowest BCUT2D eigenvalue weighted by Crippen LogP contribution is -2.31. The SMILES string of the molecule is C1OC[C@@H]2[C@@H]1[C@H]1O[C@H]2[C@H]2O[C@@H]21. The van der Waals surface area contributed by atoms with E-state index < -0.39 is 0 Å². The highest BCUT2D eigenvalue weighted by Crippen LogP contribution is 2.55. The minimum Gasteiger partial charge on any atom is -0.381 e. The number of epoxide rings is 1. The Hall–Kier alpha value is -0.120. The zero-order valence-corrected chi connectivity index (χ0v) is 6.10. The van der Waals surface area contributed by atoms with Crippen molar-refractivity contribution in [1.29, 1.82) is 0 Å². The number of hydrogen-bond acceptors (Lipinski definition) is 3. The van der Waals surface area contributed by atoms with Gasteiger partial charge in [-0.2, -0.15) is 0 Å². The van der Waals surface area contributed by atoms with Crippen molar-refractivity contribution in [3.8, 4) is 0 Å². The summed E-state index contributed by atoms with van der Waals surface area (Å²) in [5.41, 5.74) is 0. The average Bonchev–Trinajstić information content (AvgIpc) is 2.46. The van der Waals surface area contributed by atoms with Gasteiger partial charge in [-0.25, -0.2) is 0 Å². The van der Waals surface area contributed by atoms with Crippen LogP contribution in [-0.4, -0.2) is 37.6 Å². The molecule has 0 N–H and O–H groups in total.